The van der Waals surface area contributed by atoms with Crippen LogP contribution in [0.3, 0.4) is 0 Å². The van der Waals surface area contributed by atoms with Gasteiger partial charge in [0.2, 0.25) is 5.91 Å². The topological polar surface area (TPSA) is 50.7 Å². The highest BCUT2D eigenvalue weighted by molar-refractivity contribution is 9.10. The molecule has 0 aliphatic carbocycles. The fourth-order valence-corrected chi connectivity index (χ4v) is 2.89. The Morgan fingerprint density at radius 2 is 2.08 bits per heavy atom. The van der Waals surface area contributed by atoms with Crippen LogP contribution < -0.4 is 5.32 Å². The molecule has 0 saturated carbocycles. The van der Waals surface area contributed by atoms with Crippen LogP contribution in [0.4, 0.5) is 4.39 Å². The molecule has 6 heteroatoms. The van der Waals surface area contributed by atoms with E-state index in [9.17, 15) is 9.18 Å². The molecule has 1 amide bonds. The zero-order chi connectivity index (χ0) is 16.9. The van der Waals surface area contributed by atoms with Gasteiger partial charge in [-0.1, -0.05) is 41.6 Å². The molecule has 1 atom stereocenters. The van der Waals surface area contributed by atoms with Crippen molar-refractivity contribution >= 4 is 27.5 Å². The van der Waals surface area contributed by atoms with Crippen LogP contribution in [0.25, 0.3) is 0 Å². The number of rotatable bonds is 5. The minimum atomic E-state index is -0.324. The van der Waals surface area contributed by atoms with Crippen molar-refractivity contribution in [1.29, 1.82) is 0 Å². The van der Waals surface area contributed by atoms with Crippen molar-refractivity contribution in [3.05, 3.63) is 69.9 Å². The van der Waals surface area contributed by atoms with Crippen LogP contribution in [0, 0.1) is 5.82 Å². The summed E-state index contributed by atoms with van der Waals surface area (Å²) < 4.78 is 13.6. The highest BCUT2D eigenvalue weighted by Crippen LogP contribution is 2.19. The average Bonchev–Trinajstić information content (AvgIpc) is 3.05. The van der Waals surface area contributed by atoms with Crippen molar-refractivity contribution in [3.8, 4) is 0 Å². The molecule has 124 valence electrons. The quantitative estimate of drug-likeness (QED) is 0.844. The molecule has 2 aromatic carbocycles. The molecule has 3 rings (SSSR count). The number of nitrogens with one attached hydrogen (secondary N) is 1. The summed E-state index contributed by atoms with van der Waals surface area (Å²) in [7, 11) is 0. The Hall–Kier alpha value is -2.21. The maximum Gasteiger partial charge on any atom is 0.224 e. The monoisotopic (exact) mass is 390 g/mol. The fraction of sp³-hybridized carbons (Fsp3) is 0.222. The number of hydrogen-bond donors (Lipinski definition) is 1. The molecule has 0 bridgehead atoms. The van der Waals surface area contributed by atoms with Crippen LogP contribution in [0.1, 0.15) is 24.0 Å². The highest BCUT2D eigenvalue weighted by atomic mass is 79.9. The smallest absolute Gasteiger partial charge is 0.224 e. The van der Waals surface area contributed by atoms with E-state index in [0.717, 1.165) is 16.8 Å². The van der Waals surface area contributed by atoms with Crippen LogP contribution in [-0.2, 0) is 16.2 Å². The average molecular weight is 391 g/mol. The van der Waals surface area contributed by atoms with E-state index in [2.05, 4.69) is 26.4 Å². The van der Waals surface area contributed by atoms with E-state index in [1.54, 1.807) is 12.1 Å². The lowest BCUT2D eigenvalue weighted by Crippen LogP contribution is -2.27. The molecule has 0 spiro atoms. The lowest BCUT2D eigenvalue weighted by Gasteiger charge is -2.09. The molecule has 1 unspecified atom stereocenters. The van der Waals surface area contributed by atoms with Crippen molar-refractivity contribution < 1.29 is 14.0 Å². The highest BCUT2D eigenvalue weighted by Gasteiger charge is 2.24. The van der Waals surface area contributed by atoms with E-state index in [4.69, 9.17) is 4.84 Å². The van der Waals surface area contributed by atoms with Crippen LogP contribution in [0.15, 0.2) is 58.2 Å². The molecule has 1 aliphatic heterocycles. The lowest BCUT2D eigenvalue weighted by molar-refractivity contribution is -0.123. The van der Waals surface area contributed by atoms with Gasteiger partial charge in [0.25, 0.3) is 0 Å². The van der Waals surface area contributed by atoms with E-state index in [-0.39, 0.29) is 24.2 Å². The molecule has 0 saturated heterocycles. The van der Waals surface area contributed by atoms with E-state index < -0.39 is 0 Å². The summed E-state index contributed by atoms with van der Waals surface area (Å²) in [6, 6.07) is 14.4. The van der Waals surface area contributed by atoms with Gasteiger partial charge in [-0.2, -0.15) is 0 Å². The standard InChI is InChI=1S/C18H16BrFN2O2/c19-15-8-12(6-7-16(15)20)11-21-18(23)10-14-9-17(22-24-14)13-4-2-1-3-5-13/h1-8,14H,9-11H2,(H,21,23). The Bertz CT molecular complexity index is 765. The van der Waals surface area contributed by atoms with Gasteiger partial charge in [-0.25, -0.2) is 4.39 Å². The third kappa shape index (κ3) is 4.20. The first-order valence-electron chi connectivity index (χ1n) is 7.60. The van der Waals surface area contributed by atoms with Crippen molar-refractivity contribution in [2.75, 3.05) is 0 Å². The Labute approximate surface area is 147 Å². The van der Waals surface area contributed by atoms with E-state index >= 15 is 0 Å². The summed E-state index contributed by atoms with van der Waals surface area (Å²) in [5, 5.41) is 6.88. The van der Waals surface area contributed by atoms with E-state index in [1.807, 2.05) is 30.3 Å². The molecule has 2 aromatic rings. The van der Waals surface area contributed by atoms with Gasteiger partial charge >= 0.3 is 0 Å². The Balaban J connectivity index is 1.47. The Kier molecular flexibility index (Phi) is 5.25. The minimum Gasteiger partial charge on any atom is -0.391 e. The van der Waals surface area contributed by atoms with E-state index in [0.29, 0.717) is 17.4 Å². The number of carbonyl (C=O) groups excluding carboxylic acids is 1. The molecule has 1 N–H and O–H groups in total. The molecule has 24 heavy (non-hydrogen) atoms. The molecule has 0 aromatic heterocycles. The van der Waals surface area contributed by atoms with Crippen LogP contribution in [-0.4, -0.2) is 17.7 Å². The second kappa shape index (κ2) is 7.57. The number of halogens is 2. The first-order chi connectivity index (χ1) is 11.6. The summed E-state index contributed by atoms with van der Waals surface area (Å²) in [6.45, 7) is 0.344. The van der Waals surface area contributed by atoms with Gasteiger partial charge in [0.15, 0.2) is 0 Å². The van der Waals surface area contributed by atoms with Gasteiger partial charge in [0, 0.05) is 13.0 Å². The molecule has 0 radical (unpaired) electrons. The van der Waals surface area contributed by atoms with Crippen LogP contribution in [0.2, 0.25) is 0 Å². The number of amides is 1. The summed E-state index contributed by atoms with van der Waals surface area (Å²) >= 11 is 3.13. The molecule has 1 heterocycles. The molecule has 4 nitrogen and oxygen atoms in total. The summed E-state index contributed by atoms with van der Waals surface area (Å²) in [5.41, 5.74) is 2.69. The maximum atomic E-state index is 13.2. The second-order valence-corrected chi connectivity index (χ2v) is 6.42. The number of carbonyl (C=O) groups is 1. The zero-order valence-corrected chi connectivity index (χ0v) is 14.4. The summed E-state index contributed by atoms with van der Waals surface area (Å²) in [5.74, 6) is -0.444. The fourth-order valence-electron chi connectivity index (χ4n) is 2.47. The van der Waals surface area contributed by atoms with Crippen molar-refractivity contribution in [2.24, 2.45) is 5.16 Å². The lowest BCUT2D eigenvalue weighted by atomic mass is 10.0. The van der Waals surface area contributed by atoms with E-state index in [1.165, 1.54) is 6.07 Å². The van der Waals surface area contributed by atoms with Crippen molar-refractivity contribution in [3.63, 3.8) is 0 Å². The van der Waals surface area contributed by atoms with Gasteiger partial charge in [-0.05, 0) is 39.2 Å². The van der Waals surface area contributed by atoms with Gasteiger partial charge < -0.3 is 10.2 Å². The Morgan fingerprint density at radius 3 is 2.83 bits per heavy atom. The normalized spacial score (nSPS) is 16.4. The van der Waals surface area contributed by atoms with Gasteiger partial charge in [-0.3, -0.25) is 4.79 Å². The molecule has 1 aliphatic rings. The minimum absolute atomic E-state index is 0.120. The van der Waals surface area contributed by atoms with Crippen molar-refractivity contribution in [2.45, 2.75) is 25.5 Å². The zero-order valence-electron chi connectivity index (χ0n) is 12.8. The number of oxime groups is 1. The number of hydrogen-bond acceptors (Lipinski definition) is 3. The summed E-state index contributed by atoms with van der Waals surface area (Å²) in [4.78, 5) is 17.4. The molecular weight excluding hydrogens is 375 g/mol. The SMILES string of the molecule is O=C(CC1CC(c2ccccc2)=NO1)NCc1ccc(F)c(Br)c1. The predicted molar refractivity (Wildman–Crippen MR) is 93.0 cm³/mol. The second-order valence-electron chi connectivity index (χ2n) is 5.56. The first kappa shape index (κ1) is 16.6. The largest absolute Gasteiger partial charge is 0.391 e. The Morgan fingerprint density at radius 1 is 1.29 bits per heavy atom. The van der Waals surface area contributed by atoms with Gasteiger partial charge in [-0.15, -0.1) is 0 Å². The van der Waals surface area contributed by atoms with Crippen LogP contribution in [0.5, 0.6) is 0 Å². The third-order valence-electron chi connectivity index (χ3n) is 3.73. The molecule has 0 fully saturated rings. The maximum absolute atomic E-state index is 13.2. The van der Waals surface area contributed by atoms with Crippen molar-refractivity contribution in [1.82, 2.24) is 5.32 Å². The van der Waals surface area contributed by atoms with Crippen LogP contribution >= 0.6 is 15.9 Å². The summed E-state index contributed by atoms with van der Waals surface area (Å²) in [6.07, 6.45) is 0.599. The number of benzene rings is 2. The van der Waals surface area contributed by atoms with Gasteiger partial charge in [0.1, 0.15) is 11.9 Å². The number of nitrogens with zero attached hydrogens (tertiary/aromatic N) is 1. The predicted octanol–water partition coefficient (Wildman–Crippen LogP) is 3.79. The third-order valence-corrected chi connectivity index (χ3v) is 4.33. The van der Waals surface area contributed by atoms with Gasteiger partial charge in [0.05, 0.1) is 16.6 Å². The first-order valence-corrected chi connectivity index (χ1v) is 8.40. The molecular formula is C18H16BrFN2O2.